The number of nitrogens with zero attached hydrogens (tertiary/aromatic N) is 4. The number of halogens is 1. The molecule has 0 amide bonds. The Labute approximate surface area is 201 Å². The Hall–Kier alpha value is -1.70. The van der Waals surface area contributed by atoms with Crippen LogP contribution in [0.2, 0.25) is 0 Å². The predicted molar refractivity (Wildman–Crippen MR) is 132 cm³/mol. The lowest BCUT2D eigenvalue weighted by Crippen LogP contribution is -2.41. The van der Waals surface area contributed by atoms with Gasteiger partial charge in [-0.3, -0.25) is 9.67 Å². The van der Waals surface area contributed by atoms with E-state index in [0.29, 0.717) is 38.8 Å². The van der Waals surface area contributed by atoms with Crippen molar-refractivity contribution in [2.75, 3.05) is 39.9 Å². The summed E-state index contributed by atoms with van der Waals surface area (Å²) >= 11 is 0. The van der Waals surface area contributed by atoms with Crippen LogP contribution >= 0.6 is 24.0 Å². The molecule has 1 aliphatic heterocycles. The van der Waals surface area contributed by atoms with Crippen LogP contribution in [0.1, 0.15) is 17.5 Å². The summed E-state index contributed by atoms with van der Waals surface area (Å²) in [5.41, 5.74) is 1.74. The highest BCUT2D eigenvalue weighted by Crippen LogP contribution is 2.16. The Morgan fingerprint density at radius 3 is 2.58 bits per heavy atom. The van der Waals surface area contributed by atoms with Crippen molar-refractivity contribution in [3.05, 3.63) is 53.9 Å². The lowest BCUT2D eigenvalue weighted by atomic mass is 10.1. The number of aliphatic imine (C=N–C) groups is 1. The smallest absolute Gasteiger partial charge is 0.218 e. The minimum Gasteiger partial charge on any atom is -0.379 e. The summed E-state index contributed by atoms with van der Waals surface area (Å²) in [6.45, 7) is 3.81. The molecule has 0 saturated carbocycles. The van der Waals surface area contributed by atoms with E-state index in [-0.39, 0.29) is 29.7 Å². The molecule has 0 bridgehead atoms. The zero-order valence-corrected chi connectivity index (χ0v) is 20.9. The SMILES string of the molecule is CN=C(NCCCn1cccn1)NCc1ccccc1CS(=O)(=O)N1CCOCC1.I. The van der Waals surface area contributed by atoms with E-state index in [1.165, 1.54) is 4.31 Å². The molecule has 0 unspecified atom stereocenters. The summed E-state index contributed by atoms with van der Waals surface area (Å²) in [4.78, 5) is 4.25. The first-order valence-corrected chi connectivity index (χ1v) is 11.7. The number of ether oxygens (including phenoxy) is 1. The molecule has 2 heterocycles. The predicted octanol–water partition coefficient (Wildman–Crippen LogP) is 1.42. The van der Waals surface area contributed by atoms with E-state index in [2.05, 4.69) is 20.7 Å². The first-order valence-electron chi connectivity index (χ1n) is 10.1. The third-order valence-electron chi connectivity index (χ3n) is 4.91. The van der Waals surface area contributed by atoms with Crippen LogP contribution in [-0.4, -0.2) is 68.4 Å². The number of hydrogen-bond donors (Lipinski definition) is 2. The molecule has 1 aromatic carbocycles. The molecule has 1 fully saturated rings. The van der Waals surface area contributed by atoms with Crippen LogP contribution in [0.3, 0.4) is 0 Å². The molecule has 0 radical (unpaired) electrons. The minimum absolute atomic E-state index is 0. The third kappa shape index (κ3) is 8.05. The number of morpholine rings is 1. The van der Waals surface area contributed by atoms with E-state index in [9.17, 15) is 8.42 Å². The van der Waals surface area contributed by atoms with Crippen molar-refractivity contribution in [3.8, 4) is 0 Å². The fourth-order valence-corrected chi connectivity index (χ4v) is 4.83. The number of benzene rings is 1. The molecular weight excluding hydrogens is 531 g/mol. The number of rotatable bonds is 9. The molecule has 31 heavy (non-hydrogen) atoms. The second-order valence-corrected chi connectivity index (χ2v) is 8.98. The fraction of sp³-hybridized carbons (Fsp3) is 0.500. The monoisotopic (exact) mass is 562 g/mol. The van der Waals surface area contributed by atoms with Gasteiger partial charge in [0.15, 0.2) is 5.96 Å². The van der Waals surface area contributed by atoms with Gasteiger partial charge in [0, 0.05) is 52.2 Å². The zero-order valence-electron chi connectivity index (χ0n) is 17.7. The normalized spacial score (nSPS) is 15.3. The number of sulfonamides is 1. The molecular formula is C20H31IN6O3S. The van der Waals surface area contributed by atoms with Crippen molar-refractivity contribution < 1.29 is 13.2 Å². The van der Waals surface area contributed by atoms with E-state index in [4.69, 9.17) is 4.74 Å². The van der Waals surface area contributed by atoms with E-state index in [0.717, 1.165) is 30.6 Å². The van der Waals surface area contributed by atoms with Crippen molar-refractivity contribution >= 4 is 40.0 Å². The van der Waals surface area contributed by atoms with Gasteiger partial charge in [-0.25, -0.2) is 8.42 Å². The Kier molecular flexibility index (Phi) is 10.7. The van der Waals surface area contributed by atoms with E-state index in [1.807, 2.05) is 41.2 Å². The summed E-state index contributed by atoms with van der Waals surface area (Å²) in [6.07, 6.45) is 4.62. The maximum Gasteiger partial charge on any atom is 0.218 e. The highest BCUT2D eigenvalue weighted by molar-refractivity contribution is 14.0. The van der Waals surface area contributed by atoms with Crippen molar-refractivity contribution in [3.63, 3.8) is 0 Å². The first kappa shape index (κ1) is 25.6. The van der Waals surface area contributed by atoms with Crippen LogP contribution in [-0.2, 0) is 33.6 Å². The summed E-state index contributed by atoms with van der Waals surface area (Å²) in [5, 5.41) is 10.7. The first-order chi connectivity index (χ1) is 14.6. The van der Waals surface area contributed by atoms with Gasteiger partial charge in [0.1, 0.15) is 0 Å². The van der Waals surface area contributed by atoms with Gasteiger partial charge in [-0.05, 0) is 23.6 Å². The Morgan fingerprint density at radius 1 is 1.16 bits per heavy atom. The third-order valence-corrected chi connectivity index (χ3v) is 6.73. The van der Waals surface area contributed by atoms with E-state index in [1.54, 1.807) is 13.2 Å². The van der Waals surface area contributed by atoms with Gasteiger partial charge in [-0.2, -0.15) is 9.40 Å². The number of hydrogen-bond acceptors (Lipinski definition) is 5. The van der Waals surface area contributed by atoms with Crippen molar-refractivity contribution in [1.29, 1.82) is 0 Å². The molecule has 172 valence electrons. The average Bonchev–Trinajstić information content (AvgIpc) is 3.28. The van der Waals surface area contributed by atoms with Crippen molar-refractivity contribution in [2.45, 2.75) is 25.3 Å². The van der Waals surface area contributed by atoms with Crippen LogP contribution in [0.25, 0.3) is 0 Å². The molecule has 0 aliphatic carbocycles. The van der Waals surface area contributed by atoms with Crippen LogP contribution in [0.4, 0.5) is 0 Å². The van der Waals surface area contributed by atoms with E-state index < -0.39 is 10.0 Å². The molecule has 0 atom stereocenters. The average molecular weight is 562 g/mol. The van der Waals surface area contributed by atoms with Crippen LogP contribution < -0.4 is 10.6 Å². The van der Waals surface area contributed by atoms with Gasteiger partial charge in [0.05, 0.1) is 19.0 Å². The van der Waals surface area contributed by atoms with Gasteiger partial charge >= 0.3 is 0 Å². The van der Waals surface area contributed by atoms with Gasteiger partial charge in [0.25, 0.3) is 0 Å². The number of aromatic nitrogens is 2. The van der Waals surface area contributed by atoms with Gasteiger partial charge in [-0.15, -0.1) is 24.0 Å². The molecule has 1 aliphatic rings. The topological polar surface area (TPSA) is 101 Å². The number of aryl methyl sites for hydroxylation is 1. The maximum absolute atomic E-state index is 12.8. The fourth-order valence-electron chi connectivity index (χ4n) is 3.26. The van der Waals surface area contributed by atoms with E-state index >= 15 is 0 Å². The molecule has 3 rings (SSSR count). The highest BCUT2D eigenvalue weighted by Gasteiger charge is 2.25. The highest BCUT2D eigenvalue weighted by atomic mass is 127. The van der Waals surface area contributed by atoms with Gasteiger partial charge in [-0.1, -0.05) is 24.3 Å². The second-order valence-electron chi connectivity index (χ2n) is 7.01. The Bertz CT molecular complexity index is 915. The lowest BCUT2D eigenvalue weighted by molar-refractivity contribution is 0.0729. The number of guanidine groups is 1. The number of nitrogens with one attached hydrogen (secondary N) is 2. The summed E-state index contributed by atoms with van der Waals surface area (Å²) in [6, 6.07) is 9.51. The second kappa shape index (κ2) is 13.0. The van der Waals surface area contributed by atoms with Crippen LogP contribution in [0, 0.1) is 0 Å². The molecule has 2 N–H and O–H groups in total. The summed E-state index contributed by atoms with van der Waals surface area (Å²) in [5.74, 6) is 0.669. The Morgan fingerprint density at radius 2 is 1.90 bits per heavy atom. The molecule has 11 heteroatoms. The standard InChI is InChI=1S/C20H30N6O3S.HI/c1-21-20(22-8-4-10-25-11-5-9-24-25)23-16-18-6-2-3-7-19(18)17-30(27,28)26-12-14-29-15-13-26;/h2-3,5-7,9,11H,4,8,10,12-17H2,1H3,(H2,21,22,23);1H. The zero-order chi connectivity index (χ0) is 21.2. The van der Waals surface area contributed by atoms with Crippen LogP contribution in [0.15, 0.2) is 47.7 Å². The minimum atomic E-state index is -3.37. The summed E-state index contributed by atoms with van der Waals surface area (Å²) < 4.78 is 34.2. The molecule has 1 aromatic heterocycles. The lowest BCUT2D eigenvalue weighted by Gasteiger charge is -2.26. The Balaban J connectivity index is 0.00000341. The quantitative estimate of drug-likeness (QED) is 0.208. The van der Waals surface area contributed by atoms with Crippen molar-refractivity contribution in [2.24, 2.45) is 4.99 Å². The van der Waals surface area contributed by atoms with Gasteiger partial charge < -0.3 is 15.4 Å². The molecule has 9 nitrogen and oxygen atoms in total. The molecule has 1 saturated heterocycles. The maximum atomic E-state index is 12.8. The summed E-state index contributed by atoms with van der Waals surface area (Å²) in [7, 11) is -1.65. The van der Waals surface area contributed by atoms with Gasteiger partial charge in [0.2, 0.25) is 10.0 Å². The van der Waals surface area contributed by atoms with Crippen LogP contribution in [0.5, 0.6) is 0 Å². The van der Waals surface area contributed by atoms with Crippen molar-refractivity contribution in [1.82, 2.24) is 24.7 Å². The largest absolute Gasteiger partial charge is 0.379 e. The molecule has 2 aromatic rings. The molecule has 0 spiro atoms.